The summed E-state index contributed by atoms with van der Waals surface area (Å²) in [4.78, 5) is 24.8. The molecule has 1 N–H and O–H groups in total. The van der Waals surface area contributed by atoms with Crippen molar-refractivity contribution >= 4 is 11.9 Å². The van der Waals surface area contributed by atoms with Crippen LogP contribution >= 0.6 is 0 Å². The number of allylic oxidation sites excluding steroid dienone is 3. The molecular weight excluding hydrogens is 380 g/mol. The lowest BCUT2D eigenvalue weighted by atomic mass is 9.73. The number of phenolic OH excluding ortho intramolecular Hbond substituents is 1. The standard InChI is InChI=1S/C25H34O5/c1-7-8-9-10-18-14-21(27)23(20-13-16(4)11-12-19(20)15(2)3)24(30-17(5)26)22(18)25(28)29-6/h13-14,19-20,27H,2,7-12H2,1,3-6H3. The van der Waals surface area contributed by atoms with Gasteiger partial charge < -0.3 is 14.6 Å². The smallest absolute Gasteiger partial charge is 0.341 e. The largest absolute Gasteiger partial charge is 0.507 e. The van der Waals surface area contributed by atoms with Gasteiger partial charge in [-0.25, -0.2) is 4.79 Å². The van der Waals surface area contributed by atoms with Crippen LogP contribution in [0.5, 0.6) is 11.5 Å². The molecule has 0 saturated heterocycles. The monoisotopic (exact) mass is 414 g/mol. The average Bonchev–Trinajstić information content (AvgIpc) is 2.67. The number of aromatic hydroxyl groups is 1. The average molecular weight is 415 g/mol. The quantitative estimate of drug-likeness (QED) is 0.250. The third-order valence-electron chi connectivity index (χ3n) is 5.78. The van der Waals surface area contributed by atoms with Gasteiger partial charge in [0, 0.05) is 18.4 Å². The predicted octanol–water partition coefficient (Wildman–Crippen LogP) is 5.85. The number of unbranched alkanes of at least 4 members (excludes halogenated alkanes) is 2. The number of esters is 2. The van der Waals surface area contributed by atoms with E-state index in [9.17, 15) is 14.7 Å². The molecule has 0 spiro atoms. The lowest BCUT2D eigenvalue weighted by Gasteiger charge is -2.32. The normalized spacial score (nSPS) is 18.5. The van der Waals surface area contributed by atoms with E-state index in [1.165, 1.54) is 19.6 Å². The number of hydrogen-bond acceptors (Lipinski definition) is 5. The summed E-state index contributed by atoms with van der Waals surface area (Å²) in [6.07, 6.45) is 7.38. The molecule has 1 aliphatic carbocycles. The minimum absolute atomic E-state index is 0.0348. The van der Waals surface area contributed by atoms with E-state index in [-0.39, 0.29) is 28.9 Å². The molecule has 0 fully saturated rings. The molecule has 0 amide bonds. The van der Waals surface area contributed by atoms with E-state index >= 15 is 0 Å². The number of benzene rings is 1. The van der Waals surface area contributed by atoms with Crippen molar-refractivity contribution in [2.24, 2.45) is 5.92 Å². The molecular formula is C25H34O5. The van der Waals surface area contributed by atoms with Crippen LogP contribution < -0.4 is 4.74 Å². The van der Waals surface area contributed by atoms with E-state index in [1.807, 2.05) is 13.8 Å². The highest BCUT2D eigenvalue weighted by Crippen LogP contribution is 2.48. The van der Waals surface area contributed by atoms with E-state index < -0.39 is 11.9 Å². The lowest BCUT2D eigenvalue weighted by Crippen LogP contribution is -2.21. The number of methoxy groups -OCH3 is 1. The van der Waals surface area contributed by atoms with E-state index in [1.54, 1.807) is 6.07 Å². The molecule has 5 nitrogen and oxygen atoms in total. The molecule has 5 heteroatoms. The van der Waals surface area contributed by atoms with Crippen LogP contribution in [0, 0.1) is 5.92 Å². The Labute approximate surface area is 179 Å². The summed E-state index contributed by atoms with van der Waals surface area (Å²) in [7, 11) is 1.31. The molecule has 2 atom stereocenters. The summed E-state index contributed by atoms with van der Waals surface area (Å²) in [5, 5.41) is 11.1. The van der Waals surface area contributed by atoms with Gasteiger partial charge in [-0.3, -0.25) is 4.79 Å². The van der Waals surface area contributed by atoms with Gasteiger partial charge in [-0.2, -0.15) is 0 Å². The van der Waals surface area contributed by atoms with Crippen LogP contribution in [-0.2, 0) is 16.0 Å². The molecule has 2 unspecified atom stereocenters. The Balaban J connectivity index is 2.77. The minimum Gasteiger partial charge on any atom is -0.507 e. The maximum Gasteiger partial charge on any atom is 0.341 e. The van der Waals surface area contributed by atoms with Gasteiger partial charge in [-0.05, 0) is 57.1 Å². The number of phenols is 1. The first kappa shape index (κ1) is 23.7. The summed E-state index contributed by atoms with van der Waals surface area (Å²) >= 11 is 0. The maximum atomic E-state index is 12.8. The highest BCUT2D eigenvalue weighted by Gasteiger charge is 2.34. The van der Waals surface area contributed by atoms with Crippen molar-refractivity contribution in [2.75, 3.05) is 7.11 Å². The van der Waals surface area contributed by atoms with E-state index in [4.69, 9.17) is 9.47 Å². The molecule has 2 rings (SSSR count). The molecule has 0 bridgehead atoms. The third-order valence-corrected chi connectivity index (χ3v) is 5.78. The fourth-order valence-electron chi connectivity index (χ4n) is 4.28. The highest BCUT2D eigenvalue weighted by atomic mass is 16.5. The summed E-state index contributed by atoms with van der Waals surface area (Å²) < 4.78 is 10.6. The molecule has 0 aliphatic heterocycles. The topological polar surface area (TPSA) is 72.8 Å². The summed E-state index contributed by atoms with van der Waals surface area (Å²) in [5.74, 6) is -1.13. The number of carbonyl (C=O) groups excluding carboxylic acids is 2. The van der Waals surface area contributed by atoms with Crippen molar-refractivity contribution in [2.45, 2.75) is 72.1 Å². The van der Waals surface area contributed by atoms with Crippen LogP contribution in [0.1, 0.15) is 87.2 Å². The fraction of sp³-hybridized carbons (Fsp3) is 0.520. The van der Waals surface area contributed by atoms with Crippen LogP contribution in [0.2, 0.25) is 0 Å². The highest BCUT2D eigenvalue weighted by molar-refractivity contribution is 5.96. The second-order valence-corrected chi connectivity index (χ2v) is 8.25. The molecule has 0 aromatic heterocycles. The summed E-state index contributed by atoms with van der Waals surface area (Å²) in [5.41, 5.74) is 3.50. The number of rotatable bonds is 8. The van der Waals surface area contributed by atoms with Crippen molar-refractivity contribution in [3.05, 3.63) is 46.6 Å². The maximum absolute atomic E-state index is 12.8. The number of carbonyl (C=O) groups is 2. The van der Waals surface area contributed by atoms with Gasteiger partial charge in [0.1, 0.15) is 11.3 Å². The van der Waals surface area contributed by atoms with E-state index in [0.717, 1.165) is 37.7 Å². The fourth-order valence-corrected chi connectivity index (χ4v) is 4.28. The van der Waals surface area contributed by atoms with Gasteiger partial charge >= 0.3 is 11.9 Å². The Hall–Kier alpha value is -2.56. The Bertz CT molecular complexity index is 850. The zero-order chi connectivity index (χ0) is 22.4. The Morgan fingerprint density at radius 2 is 1.97 bits per heavy atom. The molecule has 0 radical (unpaired) electrons. The third kappa shape index (κ3) is 5.32. The van der Waals surface area contributed by atoms with Crippen LogP contribution in [0.25, 0.3) is 0 Å². The second-order valence-electron chi connectivity index (χ2n) is 8.25. The molecule has 0 saturated carbocycles. The number of ether oxygens (including phenoxy) is 2. The first-order chi connectivity index (χ1) is 14.2. The van der Waals surface area contributed by atoms with Crippen LogP contribution in [0.4, 0.5) is 0 Å². The van der Waals surface area contributed by atoms with E-state index in [0.29, 0.717) is 17.5 Å². The van der Waals surface area contributed by atoms with Gasteiger partial charge in [0.2, 0.25) is 0 Å². The molecule has 0 heterocycles. The van der Waals surface area contributed by atoms with Crippen LogP contribution in [0.15, 0.2) is 29.9 Å². The second kappa shape index (κ2) is 10.5. The zero-order valence-electron chi connectivity index (χ0n) is 18.8. The van der Waals surface area contributed by atoms with Crippen LogP contribution in [-0.4, -0.2) is 24.2 Å². The molecule has 1 aromatic carbocycles. The Morgan fingerprint density at radius 1 is 1.27 bits per heavy atom. The Morgan fingerprint density at radius 3 is 2.53 bits per heavy atom. The van der Waals surface area contributed by atoms with Gasteiger partial charge in [0.25, 0.3) is 0 Å². The van der Waals surface area contributed by atoms with Crippen molar-refractivity contribution in [3.8, 4) is 11.5 Å². The van der Waals surface area contributed by atoms with Gasteiger partial charge in [-0.1, -0.05) is 43.6 Å². The minimum atomic E-state index is -0.567. The van der Waals surface area contributed by atoms with Gasteiger partial charge in [-0.15, -0.1) is 0 Å². The Kier molecular flexibility index (Phi) is 8.27. The predicted molar refractivity (Wildman–Crippen MR) is 118 cm³/mol. The molecule has 164 valence electrons. The van der Waals surface area contributed by atoms with Gasteiger partial charge in [0.15, 0.2) is 5.75 Å². The zero-order valence-corrected chi connectivity index (χ0v) is 18.8. The van der Waals surface area contributed by atoms with Crippen molar-refractivity contribution in [3.63, 3.8) is 0 Å². The summed E-state index contributed by atoms with van der Waals surface area (Å²) in [6, 6.07) is 1.64. The van der Waals surface area contributed by atoms with Crippen molar-refractivity contribution in [1.29, 1.82) is 0 Å². The van der Waals surface area contributed by atoms with Gasteiger partial charge in [0.05, 0.1) is 7.11 Å². The SMILES string of the molecule is C=C(C)C1CCC(C)=CC1c1c(O)cc(CCCCC)c(C(=O)OC)c1OC(C)=O. The molecule has 1 aliphatic rings. The first-order valence-electron chi connectivity index (χ1n) is 10.7. The van der Waals surface area contributed by atoms with Crippen molar-refractivity contribution < 1.29 is 24.2 Å². The number of aryl methyl sites for hydroxylation is 1. The van der Waals surface area contributed by atoms with Crippen molar-refractivity contribution in [1.82, 2.24) is 0 Å². The number of hydrogen-bond donors (Lipinski definition) is 1. The summed E-state index contributed by atoms with van der Waals surface area (Å²) in [6.45, 7) is 11.5. The molecule has 1 aromatic rings. The van der Waals surface area contributed by atoms with Crippen LogP contribution in [0.3, 0.4) is 0 Å². The lowest BCUT2D eigenvalue weighted by molar-refractivity contribution is -0.131. The van der Waals surface area contributed by atoms with E-state index in [2.05, 4.69) is 19.6 Å². The molecule has 30 heavy (non-hydrogen) atoms. The first-order valence-corrected chi connectivity index (χ1v) is 10.7.